The van der Waals surface area contributed by atoms with Gasteiger partial charge in [-0.1, -0.05) is 0 Å². The van der Waals surface area contributed by atoms with Gasteiger partial charge in [-0.2, -0.15) is 16.9 Å². The van der Waals surface area contributed by atoms with Gasteiger partial charge in [0.25, 0.3) is 0 Å². The Morgan fingerprint density at radius 1 is 1.79 bits per heavy atom. The Hall–Kier alpha value is -1.17. The van der Waals surface area contributed by atoms with Crippen LogP contribution in [0.4, 0.5) is 5.82 Å². The van der Waals surface area contributed by atoms with Gasteiger partial charge in [0.1, 0.15) is 12.4 Å². The fourth-order valence-electron chi connectivity index (χ4n) is 0.961. The molecule has 0 unspecified atom stereocenters. The van der Waals surface area contributed by atoms with Gasteiger partial charge in [-0.05, 0) is 12.3 Å². The van der Waals surface area contributed by atoms with Crippen molar-refractivity contribution in [3.05, 3.63) is 12.3 Å². The zero-order valence-corrected chi connectivity index (χ0v) is 8.88. The highest BCUT2D eigenvalue weighted by atomic mass is 32.2. The Balaban J connectivity index is 2.27. The summed E-state index contributed by atoms with van der Waals surface area (Å²) in [4.78, 5) is 11.3. The highest BCUT2D eigenvalue weighted by Gasteiger charge is 2.02. The van der Waals surface area contributed by atoms with Crippen molar-refractivity contribution in [2.75, 3.05) is 24.3 Å². The number of hydrogen-bond donors (Lipinski definition) is 2. The van der Waals surface area contributed by atoms with E-state index >= 15 is 0 Å². The third kappa shape index (κ3) is 3.69. The second-order valence-corrected chi connectivity index (χ2v) is 3.77. The zero-order valence-electron chi connectivity index (χ0n) is 8.06. The highest BCUT2D eigenvalue weighted by molar-refractivity contribution is 7.98. The molecule has 0 aliphatic heterocycles. The van der Waals surface area contributed by atoms with Gasteiger partial charge in [0, 0.05) is 18.5 Å². The van der Waals surface area contributed by atoms with Crippen LogP contribution in [0.3, 0.4) is 0 Å². The minimum Gasteiger partial charge on any atom is -0.382 e. The minimum absolute atomic E-state index is 0.0397. The number of amides is 1. The van der Waals surface area contributed by atoms with Gasteiger partial charge < -0.3 is 11.1 Å². The number of hydrogen-bond acceptors (Lipinski definition) is 4. The van der Waals surface area contributed by atoms with Gasteiger partial charge in [0.05, 0.1) is 0 Å². The predicted molar refractivity (Wildman–Crippen MR) is 58.0 cm³/mol. The molecule has 0 aromatic carbocycles. The first-order chi connectivity index (χ1) is 6.72. The fourth-order valence-corrected chi connectivity index (χ4v) is 1.27. The Bertz CT molecular complexity index is 299. The van der Waals surface area contributed by atoms with Gasteiger partial charge in [-0.25, -0.2) is 0 Å². The average molecular weight is 214 g/mol. The van der Waals surface area contributed by atoms with Gasteiger partial charge in [-0.15, -0.1) is 0 Å². The van der Waals surface area contributed by atoms with E-state index < -0.39 is 0 Å². The number of aromatic nitrogens is 2. The maximum Gasteiger partial charge on any atom is 0.241 e. The highest BCUT2D eigenvalue weighted by Crippen LogP contribution is 1.95. The molecular weight excluding hydrogens is 200 g/mol. The molecule has 5 nitrogen and oxygen atoms in total. The topological polar surface area (TPSA) is 72.9 Å². The summed E-state index contributed by atoms with van der Waals surface area (Å²) < 4.78 is 1.52. The lowest BCUT2D eigenvalue weighted by atomic mass is 10.5. The van der Waals surface area contributed by atoms with Crippen molar-refractivity contribution in [1.29, 1.82) is 0 Å². The number of anilines is 1. The van der Waals surface area contributed by atoms with Crippen molar-refractivity contribution < 1.29 is 4.79 Å². The summed E-state index contributed by atoms with van der Waals surface area (Å²) >= 11 is 1.70. The molecule has 0 bridgehead atoms. The minimum atomic E-state index is -0.0397. The Kier molecular flexibility index (Phi) is 4.31. The normalized spacial score (nSPS) is 10.1. The van der Waals surface area contributed by atoms with Crippen molar-refractivity contribution in [1.82, 2.24) is 15.1 Å². The van der Waals surface area contributed by atoms with E-state index in [2.05, 4.69) is 10.4 Å². The molecule has 0 atom stereocenters. The summed E-state index contributed by atoms with van der Waals surface area (Å²) in [6.07, 6.45) is 3.68. The first-order valence-corrected chi connectivity index (χ1v) is 5.66. The lowest BCUT2D eigenvalue weighted by molar-refractivity contribution is -0.121. The molecule has 0 fully saturated rings. The molecule has 1 aromatic heterocycles. The zero-order chi connectivity index (χ0) is 10.4. The number of nitrogens with two attached hydrogens (primary N) is 1. The van der Waals surface area contributed by atoms with Crippen molar-refractivity contribution in [3.8, 4) is 0 Å². The summed E-state index contributed by atoms with van der Waals surface area (Å²) in [6, 6.07) is 1.66. The largest absolute Gasteiger partial charge is 0.382 e. The SMILES string of the molecule is CSCCNC(=O)Cn1ccc(N)n1. The number of carbonyl (C=O) groups is 1. The molecule has 6 heteroatoms. The molecule has 0 radical (unpaired) electrons. The second kappa shape index (κ2) is 5.54. The number of carbonyl (C=O) groups excluding carboxylic acids is 1. The van der Waals surface area contributed by atoms with Gasteiger partial charge in [0.2, 0.25) is 5.91 Å². The molecule has 0 saturated heterocycles. The monoisotopic (exact) mass is 214 g/mol. The predicted octanol–water partition coefficient (Wildman–Crippen LogP) is -0.0555. The Morgan fingerprint density at radius 2 is 2.57 bits per heavy atom. The first kappa shape index (κ1) is 10.9. The quantitative estimate of drug-likeness (QED) is 0.674. The molecule has 1 heterocycles. The fraction of sp³-hybridized carbons (Fsp3) is 0.500. The van der Waals surface area contributed by atoms with Crippen LogP contribution in [-0.4, -0.2) is 34.2 Å². The van der Waals surface area contributed by atoms with E-state index in [4.69, 9.17) is 5.73 Å². The molecule has 1 rings (SSSR count). The van der Waals surface area contributed by atoms with Gasteiger partial charge >= 0.3 is 0 Å². The number of rotatable bonds is 5. The van der Waals surface area contributed by atoms with Crippen molar-refractivity contribution in [2.45, 2.75) is 6.54 Å². The summed E-state index contributed by atoms with van der Waals surface area (Å²) in [5.74, 6) is 1.32. The average Bonchev–Trinajstić information content (AvgIpc) is 2.52. The van der Waals surface area contributed by atoms with E-state index in [1.54, 1.807) is 24.0 Å². The van der Waals surface area contributed by atoms with Crippen LogP contribution in [0.1, 0.15) is 0 Å². The van der Waals surface area contributed by atoms with Gasteiger partial charge in [0.15, 0.2) is 0 Å². The molecule has 14 heavy (non-hydrogen) atoms. The number of thioether (sulfide) groups is 1. The third-order valence-corrected chi connectivity index (χ3v) is 2.21. The van der Waals surface area contributed by atoms with Crippen molar-refractivity contribution in [2.24, 2.45) is 0 Å². The standard InChI is InChI=1S/C8H14N4OS/c1-14-5-3-10-8(13)6-12-4-2-7(9)11-12/h2,4H,3,5-6H2,1H3,(H2,9,11)(H,10,13). The van der Waals surface area contributed by atoms with Crippen LogP contribution in [0.15, 0.2) is 12.3 Å². The molecule has 3 N–H and O–H groups in total. The lowest BCUT2D eigenvalue weighted by Crippen LogP contribution is -2.29. The molecule has 1 aromatic rings. The lowest BCUT2D eigenvalue weighted by Gasteiger charge is -2.03. The van der Waals surface area contributed by atoms with E-state index in [-0.39, 0.29) is 12.5 Å². The number of nitrogen functional groups attached to an aromatic ring is 1. The maximum absolute atomic E-state index is 11.3. The van der Waals surface area contributed by atoms with E-state index in [0.717, 1.165) is 5.75 Å². The molecule has 0 spiro atoms. The Labute approximate surface area is 87.0 Å². The van der Waals surface area contributed by atoms with Crippen LogP contribution in [0, 0.1) is 0 Å². The Morgan fingerprint density at radius 3 is 3.14 bits per heavy atom. The molecular formula is C8H14N4OS. The van der Waals surface area contributed by atoms with E-state index in [1.165, 1.54) is 4.68 Å². The summed E-state index contributed by atoms with van der Waals surface area (Å²) in [5.41, 5.74) is 5.41. The van der Waals surface area contributed by atoms with Crippen LogP contribution in [0.25, 0.3) is 0 Å². The first-order valence-electron chi connectivity index (χ1n) is 4.27. The smallest absolute Gasteiger partial charge is 0.241 e. The van der Waals surface area contributed by atoms with Crippen molar-refractivity contribution in [3.63, 3.8) is 0 Å². The van der Waals surface area contributed by atoms with E-state index in [1.807, 2.05) is 6.26 Å². The summed E-state index contributed by atoms with van der Waals surface area (Å²) in [7, 11) is 0. The van der Waals surface area contributed by atoms with Crippen LogP contribution in [0.5, 0.6) is 0 Å². The molecule has 1 amide bonds. The molecule has 0 saturated carbocycles. The molecule has 78 valence electrons. The van der Waals surface area contributed by atoms with E-state index in [9.17, 15) is 4.79 Å². The summed E-state index contributed by atoms with van der Waals surface area (Å²) in [5, 5.41) is 6.69. The maximum atomic E-state index is 11.3. The van der Waals surface area contributed by atoms with Gasteiger partial charge in [-0.3, -0.25) is 9.48 Å². The van der Waals surface area contributed by atoms with Crippen LogP contribution in [0.2, 0.25) is 0 Å². The third-order valence-electron chi connectivity index (χ3n) is 1.60. The molecule has 0 aliphatic rings. The van der Waals surface area contributed by atoms with E-state index in [0.29, 0.717) is 12.4 Å². The number of nitrogens with one attached hydrogen (secondary N) is 1. The summed E-state index contributed by atoms with van der Waals surface area (Å²) in [6.45, 7) is 0.919. The van der Waals surface area contributed by atoms with Crippen molar-refractivity contribution >= 4 is 23.5 Å². The molecule has 0 aliphatic carbocycles. The number of nitrogens with zero attached hydrogens (tertiary/aromatic N) is 2. The second-order valence-electron chi connectivity index (χ2n) is 2.78. The van der Waals surface area contributed by atoms with Crippen LogP contribution in [-0.2, 0) is 11.3 Å². The van der Waals surface area contributed by atoms with Crippen LogP contribution < -0.4 is 11.1 Å². The van der Waals surface area contributed by atoms with Crippen LogP contribution >= 0.6 is 11.8 Å².